The zero-order valence-electron chi connectivity index (χ0n) is 15.3. The van der Waals surface area contributed by atoms with E-state index in [1.807, 2.05) is 6.92 Å². The van der Waals surface area contributed by atoms with Crippen molar-refractivity contribution in [2.75, 3.05) is 0 Å². The molecule has 26 heavy (non-hydrogen) atoms. The van der Waals surface area contributed by atoms with Crippen LogP contribution < -0.4 is 5.32 Å². The van der Waals surface area contributed by atoms with Crippen LogP contribution in [-0.2, 0) is 19.4 Å². The molecule has 0 saturated heterocycles. The number of pyridine rings is 1. The predicted molar refractivity (Wildman–Crippen MR) is 106 cm³/mol. The summed E-state index contributed by atoms with van der Waals surface area (Å²) in [7, 11) is 0. The summed E-state index contributed by atoms with van der Waals surface area (Å²) in [5, 5.41) is 3.62. The van der Waals surface area contributed by atoms with E-state index in [0.29, 0.717) is 29.3 Å². The van der Waals surface area contributed by atoms with Crippen molar-refractivity contribution in [1.29, 1.82) is 0 Å². The molecule has 136 valence electrons. The Labute approximate surface area is 159 Å². The number of hydrogen-bond acceptors (Lipinski definition) is 2. The lowest BCUT2D eigenvalue weighted by atomic mass is 10.1. The van der Waals surface area contributed by atoms with Crippen LogP contribution in [0.5, 0.6) is 0 Å². The summed E-state index contributed by atoms with van der Waals surface area (Å²) in [5.41, 5.74) is 4.49. The second-order valence-corrected chi connectivity index (χ2v) is 6.87. The minimum atomic E-state index is -0.119. The fourth-order valence-electron chi connectivity index (χ4n) is 3.03. The topological polar surface area (TPSA) is 46.4 Å². The van der Waals surface area contributed by atoms with Crippen LogP contribution >= 0.6 is 11.6 Å². The van der Waals surface area contributed by atoms with Crippen LogP contribution in [0.3, 0.4) is 0 Å². The zero-order chi connectivity index (χ0) is 18.5. The Kier molecular flexibility index (Phi) is 5.94. The Hall–Kier alpha value is -2.33. The molecule has 0 aliphatic carbocycles. The Balaban J connectivity index is 1.73. The first-order valence-electron chi connectivity index (χ1n) is 9.14. The number of amides is 1. The zero-order valence-corrected chi connectivity index (χ0v) is 16.0. The molecule has 1 N–H and O–H groups in total. The van der Waals surface area contributed by atoms with Gasteiger partial charge in [-0.15, -0.1) is 0 Å². The molecule has 0 saturated carbocycles. The third kappa shape index (κ3) is 4.07. The highest BCUT2D eigenvalue weighted by atomic mass is 35.5. The summed E-state index contributed by atoms with van der Waals surface area (Å²) in [6.07, 6.45) is 5.99. The van der Waals surface area contributed by atoms with Crippen LogP contribution in [0.1, 0.15) is 54.0 Å². The number of halogens is 1. The number of fused-ring (bicyclic) bond motifs is 1. The number of nitrogens with one attached hydrogen (secondary N) is 1. The highest BCUT2D eigenvalue weighted by molar-refractivity contribution is 6.30. The van der Waals surface area contributed by atoms with E-state index in [9.17, 15) is 4.79 Å². The number of carbonyl (C=O) groups is 1. The van der Waals surface area contributed by atoms with Gasteiger partial charge in [-0.25, -0.2) is 4.98 Å². The number of hydrogen-bond donors (Lipinski definition) is 1. The van der Waals surface area contributed by atoms with Crippen LogP contribution in [0, 0.1) is 0 Å². The first-order chi connectivity index (χ1) is 12.6. The first kappa shape index (κ1) is 18.5. The molecule has 0 fully saturated rings. The highest BCUT2D eigenvalue weighted by Crippen LogP contribution is 2.18. The van der Waals surface area contributed by atoms with Gasteiger partial charge in [-0.3, -0.25) is 9.20 Å². The van der Waals surface area contributed by atoms with Crippen molar-refractivity contribution in [2.45, 2.75) is 46.1 Å². The van der Waals surface area contributed by atoms with Crippen molar-refractivity contribution >= 4 is 23.2 Å². The van der Waals surface area contributed by atoms with Crippen LogP contribution in [0.15, 0.2) is 42.6 Å². The van der Waals surface area contributed by atoms with Crippen LogP contribution in [0.25, 0.3) is 5.65 Å². The fraction of sp³-hybridized carbons (Fsp3) is 0.333. The average molecular weight is 370 g/mol. The van der Waals surface area contributed by atoms with Gasteiger partial charge in [0, 0.05) is 23.8 Å². The van der Waals surface area contributed by atoms with Crippen LogP contribution in [0.2, 0.25) is 5.02 Å². The van der Waals surface area contributed by atoms with E-state index in [1.54, 1.807) is 22.7 Å². The van der Waals surface area contributed by atoms with E-state index in [1.165, 1.54) is 18.4 Å². The van der Waals surface area contributed by atoms with Crippen molar-refractivity contribution in [2.24, 2.45) is 0 Å². The molecule has 0 spiro atoms. The number of imidazole rings is 1. The summed E-state index contributed by atoms with van der Waals surface area (Å²) in [5.74, 6) is -0.119. The van der Waals surface area contributed by atoms with E-state index < -0.39 is 0 Å². The van der Waals surface area contributed by atoms with Gasteiger partial charge in [0.05, 0.1) is 5.69 Å². The van der Waals surface area contributed by atoms with Crippen molar-refractivity contribution < 1.29 is 4.79 Å². The van der Waals surface area contributed by atoms with Gasteiger partial charge in [0.25, 0.3) is 5.91 Å². The third-order valence-corrected chi connectivity index (χ3v) is 4.74. The summed E-state index contributed by atoms with van der Waals surface area (Å²) in [6.45, 7) is 4.69. The van der Waals surface area contributed by atoms with E-state index in [-0.39, 0.29) is 5.91 Å². The molecule has 0 bridgehead atoms. The molecular formula is C21H24ClN3O. The molecule has 3 aromatic rings. The Morgan fingerprint density at radius 3 is 2.58 bits per heavy atom. The maximum atomic E-state index is 12.8. The Morgan fingerprint density at radius 2 is 1.88 bits per heavy atom. The summed E-state index contributed by atoms with van der Waals surface area (Å²) < 4.78 is 1.80. The van der Waals surface area contributed by atoms with Gasteiger partial charge in [-0.2, -0.15) is 0 Å². The van der Waals surface area contributed by atoms with Gasteiger partial charge < -0.3 is 5.32 Å². The molecule has 0 aliphatic rings. The van der Waals surface area contributed by atoms with Crippen molar-refractivity contribution in [3.8, 4) is 0 Å². The van der Waals surface area contributed by atoms with Gasteiger partial charge in [-0.05, 0) is 36.5 Å². The molecule has 2 aromatic heterocycles. The number of aryl methyl sites for hydroxylation is 2. The number of aromatic nitrogens is 2. The number of rotatable bonds is 7. The van der Waals surface area contributed by atoms with Crippen molar-refractivity contribution in [1.82, 2.24) is 14.7 Å². The molecule has 1 amide bonds. The number of carbonyl (C=O) groups excluding carboxylic acids is 1. The SMILES string of the molecule is CCCCc1ccc(CNC(=O)c2c(CC)nc3cc(Cl)ccn23)cc1. The third-order valence-electron chi connectivity index (χ3n) is 4.51. The maximum absolute atomic E-state index is 12.8. The second kappa shape index (κ2) is 8.37. The Morgan fingerprint density at radius 1 is 1.15 bits per heavy atom. The van der Waals surface area contributed by atoms with Crippen molar-refractivity contribution in [3.63, 3.8) is 0 Å². The van der Waals surface area contributed by atoms with Gasteiger partial charge in [0.1, 0.15) is 11.3 Å². The smallest absolute Gasteiger partial charge is 0.270 e. The van der Waals surface area contributed by atoms with E-state index in [4.69, 9.17) is 11.6 Å². The minimum Gasteiger partial charge on any atom is -0.347 e. The highest BCUT2D eigenvalue weighted by Gasteiger charge is 2.18. The van der Waals surface area contributed by atoms with E-state index in [0.717, 1.165) is 17.7 Å². The standard InChI is InChI=1S/C21H24ClN3O/c1-3-5-6-15-7-9-16(10-8-15)14-23-21(26)20-18(4-2)24-19-13-17(22)11-12-25(19)20/h7-13H,3-6,14H2,1-2H3,(H,23,26). The van der Waals surface area contributed by atoms with E-state index >= 15 is 0 Å². The van der Waals surface area contributed by atoms with Crippen LogP contribution in [-0.4, -0.2) is 15.3 Å². The largest absolute Gasteiger partial charge is 0.347 e. The summed E-state index contributed by atoms with van der Waals surface area (Å²) >= 11 is 6.03. The van der Waals surface area contributed by atoms with E-state index in [2.05, 4.69) is 41.5 Å². The predicted octanol–water partition coefficient (Wildman–Crippen LogP) is 4.82. The van der Waals surface area contributed by atoms with Gasteiger partial charge in [-0.1, -0.05) is 56.1 Å². The molecule has 3 rings (SSSR count). The Bertz CT molecular complexity index is 900. The lowest BCUT2D eigenvalue weighted by Crippen LogP contribution is -2.25. The monoisotopic (exact) mass is 369 g/mol. The number of unbranched alkanes of at least 4 members (excludes halogenated alkanes) is 1. The summed E-state index contributed by atoms with van der Waals surface area (Å²) in [6, 6.07) is 12.0. The van der Waals surface area contributed by atoms with Gasteiger partial charge in [0.2, 0.25) is 0 Å². The molecule has 0 aliphatic heterocycles. The molecule has 1 aromatic carbocycles. The average Bonchev–Trinajstić information content (AvgIpc) is 3.03. The molecule has 2 heterocycles. The molecule has 4 nitrogen and oxygen atoms in total. The maximum Gasteiger partial charge on any atom is 0.270 e. The van der Waals surface area contributed by atoms with Gasteiger partial charge >= 0.3 is 0 Å². The molecule has 0 unspecified atom stereocenters. The van der Waals surface area contributed by atoms with Gasteiger partial charge in [0.15, 0.2) is 0 Å². The quantitative estimate of drug-likeness (QED) is 0.648. The number of benzene rings is 1. The molecule has 0 atom stereocenters. The summed E-state index contributed by atoms with van der Waals surface area (Å²) in [4.78, 5) is 17.3. The molecular weight excluding hydrogens is 346 g/mol. The molecule has 0 radical (unpaired) electrons. The fourth-order valence-corrected chi connectivity index (χ4v) is 3.18. The normalized spacial score (nSPS) is 11.0. The lowest BCUT2D eigenvalue weighted by molar-refractivity contribution is 0.0944. The first-order valence-corrected chi connectivity index (χ1v) is 9.52. The minimum absolute atomic E-state index is 0.119. The second-order valence-electron chi connectivity index (χ2n) is 6.44. The van der Waals surface area contributed by atoms with Crippen molar-refractivity contribution in [3.05, 3.63) is 70.1 Å². The number of nitrogens with zero attached hydrogens (tertiary/aromatic N) is 2. The molecule has 5 heteroatoms. The lowest BCUT2D eigenvalue weighted by Gasteiger charge is -2.08. The van der Waals surface area contributed by atoms with Crippen LogP contribution in [0.4, 0.5) is 0 Å².